The summed E-state index contributed by atoms with van der Waals surface area (Å²) < 4.78 is 10.9. The van der Waals surface area contributed by atoms with Gasteiger partial charge in [0.25, 0.3) is 5.91 Å². The highest BCUT2D eigenvalue weighted by Gasteiger charge is 2.25. The molecule has 2 aromatic heterocycles. The topological polar surface area (TPSA) is 136 Å². The van der Waals surface area contributed by atoms with Crippen LogP contribution in [0.4, 0.5) is 22.7 Å². The van der Waals surface area contributed by atoms with Crippen LogP contribution < -0.4 is 24.6 Å². The number of rotatable bonds is 8. The smallest absolute Gasteiger partial charge is 0.262 e. The second-order valence-corrected chi connectivity index (χ2v) is 17.1. The Hall–Kier alpha value is -5.83. The van der Waals surface area contributed by atoms with Gasteiger partial charge in [-0.15, -0.1) is 0 Å². The molecule has 15 heteroatoms. The molecule has 1 atom stereocenters. The highest BCUT2D eigenvalue weighted by Crippen LogP contribution is 2.35. The van der Waals surface area contributed by atoms with Crippen molar-refractivity contribution in [1.82, 2.24) is 19.8 Å². The first kappa shape index (κ1) is 42.5. The molecule has 63 heavy (non-hydrogen) atoms. The van der Waals surface area contributed by atoms with Gasteiger partial charge >= 0.3 is 0 Å². The number of ether oxygens (including phenoxy) is 2. The number of aliphatic imine (C=N–C) groups is 1. The highest BCUT2D eigenvalue weighted by atomic mass is 35.5. The lowest BCUT2D eigenvalue weighted by Gasteiger charge is -2.37. The van der Waals surface area contributed by atoms with Crippen LogP contribution >= 0.6 is 23.2 Å². The maximum atomic E-state index is 12.8. The minimum absolute atomic E-state index is 0.00214. The summed E-state index contributed by atoms with van der Waals surface area (Å²) in [7, 11) is 0. The van der Waals surface area contributed by atoms with E-state index in [0.29, 0.717) is 46.7 Å². The highest BCUT2D eigenvalue weighted by molar-refractivity contribution is 6.32. The van der Waals surface area contributed by atoms with E-state index in [1.54, 1.807) is 24.4 Å². The number of hydrogen-bond donors (Lipinski definition) is 2. The summed E-state index contributed by atoms with van der Waals surface area (Å²) in [6.07, 6.45) is 1.18. The van der Waals surface area contributed by atoms with Crippen molar-refractivity contribution in [2.75, 3.05) is 93.8 Å². The van der Waals surface area contributed by atoms with Crippen molar-refractivity contribution in [3.8, 4) is 11.5 Å². The number of nitrogens with one attached hydrogen (secondary N) is 1. The van der Waals surface area contributed by atoms with Crippen molar-refractivity contribution in [2.45, 2.75) is 20.0 Å². The summed E-state index contributed by atoms with van der Waals surface area (Å²) >= 11 is 12.7. The number of ketones is 1. The number of piperazine rings is 2. The van der Waals surface area contributed by atoms with E-state index >= 15 is 0 Å². The van der Waals surface area contributed by atoms with Crippen molar-refractivity contribution >= 4 is 85.7 Å². The number of aromatic nitrogens is 2. The van der Waals surface area contributed by atoms with Crippen LogP contribution in [0.5, 0.6) is 11.5 Å². The second kappa shape index (κ2) is 18.5. The number of anilines is 3. The molecular formula is C48H48Cl2N8O5. The second-order valence-electron chi connectivity index (χ2n) is 16.3. The Kier molecular flexibility index (Phi) is 12.5. The number of benzene rings is 4. The fraction of sp³-hybridized carbons (Fsp3) is 0.312. The fourth-order valence-electron chi connectivity index (χ4n) is 8.54. The van der Waals surface area contributed by atoms with Crippen LogP contribution in [0.15, 0.2) is 89.9 Å². The SMILES string of the molecule is Cc1ccc2c(N3CCN(CC(=O)c4ccc5c(c4)NC(=O)CO5)CC3)cc(Cl)cc2n1.Cc1ccc2c(N3CCN(CC(O)c4ccc5c(c4)N=CCO5)CC3)cc(Cl)cc2n1. The number of pyridine rings is 2. The summed E-state index contributed by atoms with van der Waals surface area (Å²) in [5.41, 5.74) is 8.75. The molecule has 4 aliphatic heterocycles. The number of amides is 1. The van der Waals surface area contributed by atoms with Gasteiger partial charge in [0.1, 0.15) is 23.8 Å². The molecule has 6 heterocycles. The van der Waals surface area contributed by atoms with Crippen LogP contribution in [0, 0.1) is 13.8 Å². The first-order valence-corrected chi connectivity index (χ1v) is 21.9. The molecule has 0 bridgehead atoms. The molecule has 2 fully saturated rings. The number of halogens is 2. The molecule has 2 N–H and O–H groups in total. The average molecular weight is 888 g/mol. The molecule has 1 unspecified atom stereocenters. The molecule has 4 aromatic carbocycles. The third-order valence-corrected chi connectivity index (χ3v) is 12.3. The van der Waals surface area contributed by atoms with Gasteiger partial charge in [0.2, 0.25) is 0 Å². The van der Waals surface area contributed by atoms with Crippen LogP contribution in [0.1, 0.15) is 33.4 Å². The molecule has 13 nitrogen and oxygen atoms in total. The number of hydrogen-bond acceptors (Lipinski definition) is 12. The number of carbonyl (C=O) groups excluding carboxylic acids is 2. The van der Waals surface area contributed by atoms with Gasteiger partial charge in [-0.1, -0.05) is 29.3 Å². The normalized spacial score (nSPS) is 16.9. The van der Waals surface area contributed by atoms with Crippen LogP contribution in [0.25, 0.3) is 21.8 Å². The van der Waals surface area contributed by atoms with Crippen molar-refractivity contribution in [3.05, 3.63) is 117 Å². The summed E-state index contributed by atoms with van der Waals surface area (Å²) in [4.78, 5) is 47.1. The first-order chi connectivity index (χ1) is 30.5. The number of carbonyl (C=O) groups is 2. The molecule has 0 radical (unpaired) electrons. The molecule has 10 rings (SSSR count). The largest absolute Gasteiger partial charge is 0.486 e. The standard InChI is InChI=1S/C24H23ClN4O3.C24H25ClN4O2/c1-15-2-4-18-19(26-15)11-17(25)12-21(18)29-8-6-28(7-9-29)13-22(30)16-3-5-23-20(10-16)27-24(31)14-32-23;1-16-2-4-19-20(27-16)13-18(25)14-22(19)29-9-7-28(8-10-29)15-23(30)17-3-5-24-21(12-17)26-6-11-31-24/h2-5,10-12H,6-9,13-14H2,1H3,(H,27,31);2-6,12-14,23,30H,7-11,15H2,1H3. The zero-order valence-corrected chi connectivity index (χ0v) is 36.7. The fourth-order valence-corrected chi connectivity index (χ4v) is 8.95. The van der Waals surface area contributed by atoms with Gasteiger partial charge in [-0.2, -0.15) is 0 Å². The molecule has 0 aliphatic carbocycles. The Morgan fingerprint density at radius 3 is 1.97 bits per heavy atom. The Morgan fingerprint density at radius 2 is 1.33 bits per heavy atom. The van der Waals surface area contributed by atoms with Crippen molar-refractivity contribution in [3.63, 3.8) is 0 Å². The van der Waals surface area contributed by atoms with E-state index in [0.717, 1.165) is 114 Å². The quantitative estimate of drug-likeness (QED) is 0.146. The lowest BCUT2D eigenvalue weighted by Crippen LogP contribution is -2.48. The van der Waals surface area contributed by atoms with E-state index in [4.69, 9.17) is 32.7 Å². The number of Topliss-reactive ketones (excluding diaryl/α,β-unsaturated/α-hetero) is 1. The molecule has 4 aliphatic rings. The first-order valence-electron chi connectivity index (χ1n) is 21.2. The van der Waals surface area contributed by atoms with E-state index in [1.165, 1.54) is 0 Å². The Labute approximate surface area is 375 Å². The van der Waals surface area contributed by atoms with Gasteiger partial charge < -0.3 is 29.7 Å². The van der Waals surface area contributed by atoms with Crippen LogP contribution in [-0.2, 0) is 4.79 Å². The monoisotopic (exact) mass is 886 g/mol. The third kappa shape index (κ3) is 9.73. The predicted octanol–water partition coefficient (Wildman–Crippen LogP) is 7.68. The van der Waals surface area contributed by atoms with Gasteiger partial charge in [0, 0.05) is 114 Å². The number of nitrogens with zero attached hydrogens (tertiary/aromatic N) is 7. The van der Waals surface area contributed by atoms with Gasteiger partial charge in [0.15, 0.2) is 12.4 Å². The van der Waals surface area contributed by atoms with E-state index in [2.05, 4.69) is 52.0 Å². The summed E-state index contributed by atoms with van der Waals surface area (Å²) in [6, 6.07) is 27.0. The number of aliphatic hydroxyl groups excluding tert-OH is 1. The minimum atomic E-state index is -0.562. The summed E-state index contributed by atoms with van der Waals surface area (Å²) in [5, 5.41) is 17.1. The lowest BCUT2D eigenvalue weighted by molar-refractivity contribution is -0.118. The molecule has 0 saturated carbocycles. The lowest BCUT2D eigenvalue weighted by atomic mass is 10.1. The Balaban J connectivity index is 0.000000160. The Morgan fingerprint density at radius 1 is 0.730 bits per heavy atom. The van der Waals surface area contributed by atoms with Crippen molar-refractivity contribution < 1.29 is 24.2 Å². The molecule has 0 spiro atoms. The summed E-state index contributed by atoms with van der Waals surface area (Å²) in [6.45, 7) is 12.0. The van der Waals surface area contributed by atoms with E-state index in [1.807, 2.05) is 68.4 Å². The third-order valence-electron chi connectivity index (χ3n) is 11.8. The van der Waals surface area contributed by atoms with Gasteiger partial charge in [-0.05, 0) is 98.3 Å². The van der Waals surface area contributed by atoms with Gasteiger partial charge in [-0.3, -0.25) is 34.3 Å². The maximum absolute atomic E-state index is 12.8. The molecular weight excluding hydrogens is 839 g/mol. The van der Waals surface area contributed by atoms with Crippen molar-refractivity contribution in [2.24, 2.45) is 4.99 Å². The van der Waals surface area contributed by atoms with E-state index < -0.39 is 6.10 Å². The van der Waals surface area contributed by atoms with Crippen LogP contribution in [0.2, 0.25) is 10.0 Å². The predicted molar refractivity (Wildman–Crippen MR) is 250 cm³/mol. The zero-order valence-electron chi connectivity index (χ0n) is 35.2. The Bertz CT molecular complexity index is 2720. The van der Waals surface area contributed by atoms with Crippen LogP contribution in [0.3, 0.4) is 0 Å². The summed E-state index contributed by atoms with van der Waals surface area (Å²) in [5.74, 6) is 1.17. The van der Waals surface area contributed by atoms with E-state index in [-0.39, 0.29) is 18.3 Å². The minimum Gasteiger partial charge on any atom is -0.486 e. The zero-order chi connectivity index (χ0) is 43.6. The average Bonchev–Trinajstić information content (AvgIpc) is 3.28. The maximum Gasteiger partial charge on any atom is 0.262 e. The number of aryl methyl sites for hydroxylation is 2. The molecule has 2 saturated heterocycles. The van der Waals surface area contributed by atoms with Crippen molar-refractivity contribution in [1.29, 1.82) is 0 Å². The van der Waals surface area contributed by atoms with Gasteiger partial charge in [0.05, 0.1) is 29.4 Å². The molecule has 324 valence electrons. The van der Waals surface area contributed by atoms with Crippen LogP contribution in [-0.4, -0.2) is 121 Å². The number of β-amino-alcohol motifs (C(OH)–C–C–N with tert-alkyl or cyclic N) is 1. The molecule has 1 amide bonds. The van der Waals surface area contributed by atoms with Gasteiger partial charge in [-0.25, -0.2) is 0 Å². The molecule has 6 aromatic rings. The van der Waals surface area contributed by atoms with E-state index in [9.17, 15) is 14.7 Å². The number of aliphatic hydroxyl groups is 1. The number of fused-ring (bicyclic) bond motifs is 4.